The van der Waals surface area contributed by atoms with Gasteiger partial charge in [-0.1, -0.05) is 13.8 Å². The molecular weight excluding hydrogens is 228 g/mol. The molecule has 4 atom stereocenters. The Morgan fingerprint density at radius 1 is 1.41 bits per heavy atom. The van der Waals surface area contributed by atoms with Crippen LogP contribution in [-0.2, 0) is 0 Å². The summed E-state index contributed by atoms with van der Waals surface area (Å²) in [6.45, 7) is 10.5. The van der Waals surface area contributed by atoms with Crippen molar-refractivity contribution < 1.29 is 0 Å². The fourth-order valence-electron chi connectivity index (χ4n) is 2.63. The van der Waals surface area contributed by atoms with Crippen molar-refractivity contribution in [3.05, 3.63) is 0 Å². The van der Waals surface area contributed by atoms with Crippen LogP contribution in [0.4, 0.5) is 0 Å². The molecule has 0 aromatic carbocycles. The number of hydrogen-bond donors (Lipinski definition) is 1. The maximum atomic E-state index is 3.84. The van der Waals surface area contributed by atoms with Crippen molar-refractivity contribution >= 4 is 11.8 Å². The first-order chi connectivity index (χ1) is 8.04. The summed E-state index contributed by atoms with van der Waals surface area (Å²) in [5, 5.41) is 3.84. The first-order valence-corrected chi connectivity index (χ1v) is 8.24. The highest BCUT2D eigenvalue weighted by Crippen LogP contribution is 2.21. The molecule has 2 nitrogen and oxygen atoms in total. The maximum Gasteiger partial charge on any atom is 0.0122 e. The molecule has 1 saturated heterocycles. The molecule has 0 spiro atoms. The molecule has 0 aromatic heterocycles. The lowest BCUT2D eigenvalue weighted by Gasteiger charge is -2.41. The Morgan fingerprint density at radius 2 is 2.12 bits per heavy atom. The zero-order valence-corrected chi connectivity index (χ0v) is 13.0. The van der Waals surface area contributed by atoms with E-state index >= 15 is 0 Å². The van der Waals surface area contributed by atoms with Crippen LogP contribution in [0, 0.1) is 5.92 Å². The molecule has 0 amide bonds. The van der Waals surface area contributed by atoms with Crippen molar-refractivity contribution in [1.29, 1.82) is 0 Å². The molecule has 1 heterocycles. The minimum Gasteiger partial charge on any atom is -0.311 e. The molecule has 0 radical (unpaired) electrons. The van der Waals surface area contributed by atoms with Crippen LogP contribution in [0.5, 0.6) is 0 Å². The summed E-state index contributed by atoms with van der Waals surface area (Å²) >= 11 is 2.05. The Bertz CT molecular complexity index is 210. The van der Waals surface area contributed by atoms with Gasteiger partial charge in [-0.05, 0) is 51.2 Å². The number of piperidine rings is 1. The highest BCUT2D eigenvalue weighted by molar-refractivity contribution is 7.99. The maximum absolute atomic E-state index is 3.84. The summed E-state index contributed by atoms with van der Waals surface area (Å²) in [4.78, 5) is 2.49. The Hall–Kier alpha value is 0.270. The van der Waals surface area contributed by atoms with Crippen molar-refractivity contribution in [2.45, 2.75) is 58.7 Å². The standard InChI is InChI=1S/C14H30N2S/c1-6-17-8-7-12(3)15-14-9-13(4)16(5)10-11(14)2/h11-15H,6-10H2,1-5H3. The van der Waals surface area contributed by atoms with Crippen molar-refractivity contribution in [1.82, 2.24) is 10.2 Å². The van der Waals surface area contributed by atoms with E-state index in [0.717, 1.165) is 12.0 Å². The van der Waals surface area contributed by atoms with E-state index in [2.05, 4.69) is 56.7 Å². The van der Waals surface area contributed by atoms with E-state index in [0.29, 0.717) is 12.1 Å². The van der Waals surface area contributed by atoms with Gasteiger partial charge in [-0.3, -0.25) is 0 Å². The van der Waals surface area contributed by atoms with Gasteiger partial charge < -0.3 is 10.2 Å². The number of nitrogens with zero attached hydrogens (tertiary/aromatic N) is 1. The van der Waals surface area contributed by atoms with Crippen LogP contribution in [0.15, 0.2) is 0 Å². The molecular formula is C14H30N2S. The molecule has 0 aromatic rings. The summed E-state index contributed by atoms with van der Waals surface area (Å²) in [7, 11) is 2.25. The molecule has 102 valence electrons. The summed E-state index contributed by atoms with van der Waals surface area (Å²) in [6, 6.07) is 2.10. The zero-order valence-electron chi connectivity index (χ0n) is 12.2. The second kappa shape index (κ2) is 7.65. The summed E-state index contributed by atoms with van der Waals surface area (Å²) in [5.74, 6) is 3.31. The number of nitrogens with one attached hydrogen (secondary N) is 1. The van der Waals surface area contributed by atoms with E-state index in [9.17, 15) is 0 Å². The minimum absolute atomic E-state index is 0.664. The summed E-state index contributed by atoms with van der Waals surface area (Å²) in [5.41, 5.74) is 0. The first-order valence-electron chi connectivity index (χ1n) is 7.08. The molecule has 1 aliphatic heterocycles. The molecule has 3 heteroatoms. The van der Waals surface area contributed by atoms with Gasteiger partial charge in [0.05, 0.1) is 0 Å². The van der Waals surface area contributed by atoms with Gasteiger partial charge in [0.15, 0.2) is 0 Å². The van der Waals surface area contributed by atoms with Crippen LogP contribution in [0.3, 0.4) is 0 Å². The second-order valence-electron chi connectivity index (χ2n) is 5.66. The normalized spacial score (nSPS) is 32.6. The van der Waals surface area contributed by atoms with Gasteiger partial charge in [0.25, 0.3) is 0 Å². The van der Waals surface area contributed by atoms with Crippen LogP contribution < -0.4 is 5.32 Å². The smallest absolute Gasteiger partial charge is 0.0122 e. The Kier molecular flexibility index (Phi) is 6.90. The van der Waals surface area contributed by atoms with E-state index in [-0.39, 0.29) is 0 Å². The van der Waals surface area contributed by atoms with Gasteiger partial charge in [0.1, 0.15) is 0 Å². The lowest BCUT2D eigenvalue weighted by Crippen LogP contribution is -2.52. The third-order valence-electron chi connectivity index (χ3n) is 4.01. The molecule has 0 saturated carbocycles. The van der Waals surface area contributed by atoms with E-state index in [1.807, 2.05) is 0 Å². The van der Waals surface area contributed by atoms with Crippen LogP contribution in [0.25, 0.3) is 0 Å². The number of thioether (sulfide) groups is 1. The molecule has 1 rings (SSSR count). The molecule has 4 unspecified atom stereocenters. The number of hydrogen-bond acceptors (Lipinski definition) is 3. The molecule has 1 fully saturated rings. The van der Waals surface area contributed by atoms with Crippen LogP contribution in [0.2, 0.25) is 0 Å². The Labute approximate surface area is 112 Å². The molecule has 0 bridgehead atoms. The third kappa shape index (κ3) is 5.19. The van der Waals surface area contributed by atoms with Crippen LogP contribution in [-0.4, -0.2) is 48.1 Å². The van der Waals surface area contributed by atoms with E-state index < -0.39 is 0 Å². The highest BCUT2D eigenvalue weighted by Gasteiger charge is 2.29. The average molecular weight is 258 g/mol. The predicted octanol–water partition coefficient (Wildman–Crippen LogP) is 2.84. The third-order valence-corrected chi connectivity index (χ3v) is 4.94. The molecule has 0 aliphatic carbocycles. The number of rotatable bonds is 6. The lowest BCUT2D eigenvalue weighted by molar-refractivity contribution is 0.116. The molecule has 17 heavy (non-hydrogen) atoms. The largest absolute Gasteiger partial charge is 0.311 e. The molecule has 1 N–H and O–H groups in total. The van der Waals surface area contributed by atoms with E-state index in [4.69, 9.17) is 0 Å². The second-order valence-corrected chi connectivity index (χ2v) is 7.06. The predicted molar refractivity (Wildman–Crippen MR) is 79.9 cm³/mol. The zero-order chi connectivity index (χ0) is 12.8. The SMILES string of the molecule is CCSCCC(C)NC1CC(C)N(C)CC1C. The first kappa shape index (κ1) is 15.3. The van der Waals surface area contributed by atoms with Gasteiger partial charge in [0, 0.05) is 24.7 Å². The van der Waals surface area contributed by atoms with Crippen molar-refractivity contribution in [2.75, 3.05) is 25.1 Å². The molecule has 1 aliphatic rings. The Morgan fingerprint density at radius 3 is 2.76 bits per heavy atom. The van der Waals surface area contributed by atoms with E-state index in [1.165, 1.54) is 30.9 Å². The van der Waals surface area contributed by atoms with Gasteiger partial charge in [-0.15, -0.1) is 0 Å². The number of likely N-dealkylation sites (tertiary alicyclic amines) is 1. The fraction of sp³-hybridized carbons (Fsp3) is 1.00. The van der Waals surface area contributed by atoms with Crippen LogP contribution in [0.1, 0.15) is 40.5 Å². The quantitative estimate of drug-likeness (QED) is 0.738. The van der Waals surface area contributed by atoms with Gasteiger partial charge in [-0.2, -0.15) is 11.8 Å². The summed E-state index contributed by atoms with van der Waals surface area (Å²) < 4.78 is 0. The highest BCUT2D eigenvalue weighted by atomic mass is 32.2. The Balaban J connectivity index is 2.29. The van der Waals surface area contributed by atoms with Gasteiger partial charge in [0.2, 0.25) is 0 Å². The lowest BCUT2D eigenvalue weighted by atomic mass is 9.89. The monoisotopic (exact) mass is 258 g/mol. The minimum atomic E-state index is 0.664. The van der Waals surface area contributed by atoms with E-state index in [1.54, 1.807) is 0 Å². The summed E-state index contributed by atoms with van der Waals surface area (Å²) in [6.07, 6.45) is 2.59. The van der Waals surface area contributed by atoms with Crippen LogP contribution >= 0.6 is 11.8 Å². The van der Waals surface area contributed by atoms with Crippen molar-refractivity contribution in [3.8, 4) is 0 Å². The van der Waals surface area contributed by atoms with Gasteiger partial charge in [-0.25, -0.2) is 0 Å². The fourth-order valence-corrected chi connectivity index (χ4v) is 3.44. The van der Waals surface area contributed by atoms with Crippen molar-refractivity contribution in [3.63, 3.8) is 0 Å². The van der Waals surface area contributed by atoms with Crippen molar-refractivity contribution in [2.24, 2.45) is 5.92 Å². The average Bonchev–Trinajstić information content (AvgIpc) is 2.26. The van der Waals surface area contributed by atoms with Gasteiger partial charge >= 0.3 is 0 Å². The topological polar surface area (TPSA) is 15.3 Å².